The van der Waals surface area contributed by atoms with Crippen LogP contribution >= 0.6 is 0 Å². The Bertz CT molecular complexity index is 676. The number of anilines is 2. The lowest BCUT2D eigenvalue weighted by Gasteiger charge is -2.11. The second kappa shape index (κ2) is 8.68. The molecule has 128 valence electrons. The second-order valence-electron chi connectivity index (χ2n) is 4.74. The van der Waals surface area contributed by atoms with Crippen molar-refractivity contribution < 1.29 is 19.0 Å². The molecule has 0 bridgehead atoms. The maximum absolute atomic E-state index is 12.3. The van der Waals surface area contributed by atoms with Crippen molar-refractivity contribution in [1.29, 1.82) is 0 Å². The van der Waals surface area contributed by atoms with Crippen molar-refractivity contribution in [2.75, 3.05) is 45.1 Å². The van der Waals surface area contributed by atoms with Crippen molar-refractivity contribution in [3.8, 4) is 11.5 Å². The van der Waals surface area contributed by atoms with E-state index >= 15 is 0 Å². The number of nitrogens with one attached hydrogen (secondary N) is 2. The van der Waals surface area contributed by atoms with E-state index in [0.717, 1.165) is 0 Å². The van der Waals surface area contributed by atoms with Gasteiger partial charge in [0.2, 0.25) is 0 Å². The van der Waals surface area contributed by atoms with E-state index in [-0.39, 0.29) is 11.6 Å². The van der Waals surface area contributed by atoms with Crippen LogP contribution in [0.5, 0.6) is 11.5 Å². The zero-order valence-corrected chi connectivity index (χ0v) is 13.8. The van der Waals surface area contributed by atoms with E-state index in [0.29, 0.717) is 36.2 Å². The lowest BCUT2D eigenvalue weighted by molar-refractivity contribution is 0.102. The van der Waals surface area contributed by atoms with E-state index in [1.807, 2.05) is 0 Å². The fourth-order valence-electron chi connectivity index (χ4n) is 1.92. The number of hydrogen-bond donors (Lipinski definition) is 2. The van der Waals surface area contributed by atoms with Gasteiger partial charge < -0.3 is 24.8 Å². The third-order valence-electron chi connectivity index (χ3n) is 3.17. The first-order valence-electron chi connectivity index (χ1n) is 7.28. The summed E-state index contributed by atoms with van der Waals surface area (Å²) >= 11 is 0. The van der Waals surface area contributed by atoms with E-state index in [4.69, 9.17) is 14.2 Å². The fraction of sp³-hybridized carbons (Fsp3) is 0.312. The highest BCUT2D eigenvalue weighted by molar-refractivity contribution is 6.03. The SMILES string of the molecule is COCCNc1ccc(C(=O)Nc2ccc(OC)cc2OC)nn1. The third-order valence-corrected chi connectivity index (χ3v) is 3.17. The lowest BCUT2D eigenvalue weighted by atomic mass is 10.2. The molecule has 2 rings (SSSR count). The van der Waals surface area contributed by atoms with Gasteiger partial charge in [-0.2, -0.15) is 0 Å². The number of aromatic nitrogens is 2. The minimum absolute atomic E-state index is 0.199. The molecule has 0 spiro atoms. The maximum Gasteiger partial charge on any atom is 0.276 e. The van der Waals surface area contributed by atoms with Gasteiger partial charge in [-0.1, -0.05) is 0 Å². The summed E-state index contributed by atoms with van der Waals surface area (Å²) < 4.78 is 15.3. The minimum atomic E-state index is -0.380. The van der Waals surface area contributed by atoms with Crippen LogP contribution < -0.4 is 20.1 Å². The summed E-state index contributed by atoms with van der Waals surface area (Å²) in [6.45, 7) is 1.17. The van der Waals surface area contributed by atoms with E-state index in [2.05, 4.69) is 20.8 Å². The Morgan fingerprint density at radius 2 is 1.92 bits per heavy atom. The normalized spacial score (nSPS) is 10.1. The van der Waals surface area contributed by atoms with Crippen molar-refractivity contribution >= 4 is 17.4 Å². The molecule has 0 atom stereocenters. The monoisotopic (exact) mass is 332 g/mol. The molecule has 0 aliphatic carbocycles. The topological polar surface area (TPSA) is 94.6 Å². The molecule has 0 saturated heterocycles. The van der Waals surface area contributed by atoms with Gasteiger partial charge in [0.1, 0.15) is 17.3 Å². The van der Waals surface area contributed by atoms with Gasteiger partial charge in [0, 0.05) is 19.7 Å². The molecule has 1 aromatic carbocycles. The van der Waals surface area contributed by atoms with Crippen LogP contribution in [0.4, 0.5) is 11.5 Å². The summed E-state index contributed by atoms with van der Waals surface area (Å²) in [5.74, 6) is 1.32. The van der Waals surface area contributed by atoms with Gasteiger partial charge in [-0.25, -0.2) is 0 Å². The number of benzene rings is 1. The van der Waals surface area contributed by atoms with Gasteiger partial charge in [-0.05, 0) is 24.3 Å². The molecule has 8 nitrogen and oxygen atoms in total. The third kappa shape index (κ3) is 4.56. The Morgan fingerprint density at radius 1 is 1.08 bits per heavy atom. The van der Waals surface area contributed by atoms with Gasteiger partial charge in [-0.3, -0.25) is 4.79 Å². The van der Waals surface area contributed by atoms with Crippen LogP contribution in [-0.4, -0.2) is 50.6 Å². The molecule has 2 N–H and O–H groups in total. The number of rotatable bonds is 8. The standard InChI is InChI=1S/C16H20N4O4/c1-22-9-8-17-15-7-6-13(19-20-15)16(21)18-12-5-4-11(23-2)10-14(12)24-3/h4-7,10H,8-9H2,1-3H3,(H,17,20)(H,18,21). The number of amides is 1. The summed E-state index contributed by atoms with van der Waals surface area (Å²) in [6, 6.07) is 8.39. The number of methoxy groups -OCH3 is 3. The van der Waals surface area contributed by atoms with Crippen LogP contribution in [0.1, 0.15) is 10.5 Å². The number of carbonyl (C=O) groups excluding carboxylic acids is 1. The predicted octanol–water partition coefficient (Wildman–Crippen LogP) is 1.80. The Morgan fingerprint density at radius 3 is 2.54 bits per heavy atom. The molecule has 1 aromatic heterocycles. The van der Waals surface area contributed by atoms with Crippen LogP contribution in [-0.2, 0) is 4.74 Å². The van der Waals surface area contributed by atoms with Crippen LogP contribution in [0.2, 0.25) is 0 Å². The minimum Gasteiger partial charge on any atom is -0.497 e. The Hall–Kier alpha value is -2.87. The number of carbonyl (C=O) groups is 1. The second-order valence-corrected chi connectivity index (χ2v) is 4.74. The quantitative estimate of drug-likeness (QED) is 0.712. The fourth-order valence-corrected chi connectivity index (χ4v) is 1.92. The van der Waals surface area contributed by atoms with Crippen LogP contribution in [0.3, 0.4) is 0 Å². The zero-order valence-electron chi connectivity index (χ0n) is 13.8. The van der Waals surface area contributed by atoms with E-state index < -0.39 is 0 Å². The number of ether oxygens (including phenoxy) is 3. The smallest absolute Gasteiger partial charge is 0.276 e. The van der Waals surface area contributed by atoms with Crippen molar-refractivity contribution in [2.24, 2.45) is 0 Å². The molecule has 0 aliphatic heterocycles. The van der Waals surface area contributed by atoms with Crippen molar-refractivity contribution in [2.45, 2.75) is 0 Å². The van der Waals surface area contributed by atoms with Gasteiger partial charge in [0.25, 0.3) is 5.91 Å². The first kappa shape index (κ1) is 17.5. The molecule has 8 heteroatoms. The molecule has 24 heavy (non-hydrogen) atoms. The first-order chi connectivity index (χ1) is 11.7. The average Bonchev–Trinajstić information content (AvgIpc) is 2.62. The molecular formula is C16H20N4O4. The largest absolute Gasteiger partial charge is 0.497 e. The number of nitrogens with zero attached hydrogens (tertiary/aromatic N) is 2. The van der Waals surface area contributed by atoms with Crippen molar-refractivity contribution in [3.05, 3.63) is 36.0 Å². The maximum atomic E-state index is 12.3. The highest BCUT2D eigenvalue weighted by Gasteiger charge is 2.12. The number of hydrogen-bond acceptors (Lipinski definition) is 7. The molecule has 0 unspecified atom stereocenters. The highest BCUT2D eigenvalue weighted by atomic mass is 16.5. The summed E-state index contributed by atoms with van der Waals surface area (Å²) in [6.07, 6.45) is 0. The van der Waals surface area contributed by atoms with Crippen molar-refractivity contribution in [1.82, 2.24) is 10.2 Å². The summed E-state index contributed by atoms with van der Waals surface area (Å²) in [7, 11) is 4.70. The van der Waals surface area contributed by atoms with Crippen LogP contribution in [0.25, 0.3) is 0 Å². The molecule has 1 amide bonds. The predicted molar refractivity (Wildman–Crippen MR) is 89.9 cm³/mol. The van der Waals surface area contributed by atoms with Gasteiger partial charge in [-0.15, -0.1) is 10.2 Å². The summed E-state index contributed by atoms with van der Waals surface area (Å²) in [5.41, 5.74) is 0.720. The average molecular weight is 332 g/mol. The van der Waals surface area contributed by atoms with Crippen molar-refractivity contribution in [3.63, 3.8) is 0 Å². The van der Waals surface area contributed by atoms with E-state index in [1.165, 1.54) is 7.11 Å². The molecule has 1 heterocycles. The van der Waals surface area contributed by atoms with Gasteiger partial charge >= 0.3 is 0 Å². The Labute approximate surface area is 140 Å². The molecular weight excluding hydrogens is 312 g/mol. The molecule has 0 aliphatic rings. The Balaban J connectivity index is 2.04. The Kier molecular flexibility index (Phi) is 6.32. The van der Waals surface area contributed by atoms with Gasteiger partial charge in [0.05, 0.1) is 26.5 Å². The van der Waals surface area contributed by atoms with E-state index in [9.17, 15) is 4.79 Å². The first-order valence-corrected chi connectivity index (χ1v) is 7.28. The lowest BCUT2D eigenvalue weighted by Crippen LogP contribution is -2.16. The van der Waals surface area contributed by atoms with Gasteiger partial charge in [0.15, 0.2) is 5.69 Å². The molecule has 0 saturated carbocycles. The van der Waals surface area contributed by atoms with Crippen LogP contribution in [0, 0.1) is 0 Å². The highest BCUT2D eigenvalue weighted by Crippen LogP contribution is 2.29. The molecule has 2 aromatic rings. The summed E-state index contributed by atoms with van der Waals surface area (Å²) in [5, 5.41) is 13.6. The summed E-state index contributed by atoms with van der Waals surface area (Å²) in [4.78, 5) is 12.3. The van der Waals surface area contributed by atoms with E-state index in [1.54, 1.807) is 44.6 Å². The molecule has 0 fully saturated rings. The molecule has 0 radical (unpaired) electrons. The van der Waals surface area contributed by atoms with Crippen LogP contribution in [0.15, 0.2) is 30.3 Å². The zero-order chi connectivity index (χ0) is 17.4.